The number of carbonyl (C=O) groups is 1. The maximum Gasteiger partial charge on any atom is 0.264 e. The Hall–Kier alpha value is -3.07. The molecule has 0 aromatic heterocycles. The molecule has 0 radical (unpaired) electrons. The maximum absolute atomic E-state index is 13.3. The van der Waals surface area contributed by atoms with E-state index in [0.717, 1.165) is 4.31 Å². The summed E-state index contributed by atoms with van der Waals surface area (Å²) in [5.41, 5.74) is 3.21. The van der Waals surface area contributed by atoms with Crippen molar-refractivity contribution in [2.24, 2.45) is 5.10 Å². The molecule has 166 valence electrons. The van der Waals surface area contributed by atoms with Crippen molar-refractivity contribution < 1.29 is 17.9 Å². The molecule has 7 nitrogen and oxygen atoms in total. The number of rotatable bonds is 8. The van der Waals surface area contributed by atoms with Gasteiger partial charge in [-0.05, 0) is 48.0 Å². The molecule has 0 saturated carbocycles. The standard InChI is InChI=1S/C22H19Cl2N3O4S/c1-31-21-11-10-18(13-20(21)24)27(32(29,30)19-8-3-2-4-9-19)15-22(28)26-25-14-16-6-5-7-17(23)12-16/h2-14H,15H2,1H3,(H,26,28)/b25-14-. The van der Waals surface area contributed by atoms with Crippen LogP contribution in [0.3, 0.4) is 0 Å². The van der Waals surface area contributed by atoms with Gasteiger partial charge >= 0.3 is 0 Å². The number of halogens is 2. The second kappa shape index (κ2) is 10.5. The van der Waals surface area contributed by atoms with Crippen molar-refractivity contribution in [3.05, 3.63) is 88.4 Å². The highest BCUT2D eigenvalue weighted by atomic mass is 35.5. The molecule has 0 fully saturated rings. The van der Waals surface area contributed by atoms with Crippen LogP contribution < -0.4 is 14.5 Å². The molecular formula is C22H19Cl2N3O4S. The first-order valence-electron chi connectivity index (χ1n) is 9.30. The number of hydrogen-bond donors (Lipinski definition) is 1. The molecule has 1 N–H and O–H groups in total. The van der Waals surface area contributed by atoms with Crippen LogP contribution in [0.5, 0.6) is 5.75 Å². The number of carbonyl (C=O) groups excluding carboxylic acids is 1. The summed E-state index contributed by atoms with van der Waals surface area (Å²) in [5.74, 6) is -0.266. The van der Waals surface area contributed by atoms with E-state index in [2.05, 4.69) is 10.5 Å². The van der Waals surface area contributed by atoms with Crippen molar-refractivity contribution in [1.29, 1.82) is 0 Å². The fourth-order valence-electron chi connectivity index (χ4n) is 2.78. The quantitative estimate of drug-likeness (QED) is 0.374. The molecular weight excluding hydrogens is 473 g/mol. The minimum Gasteiger partial charge on any atom is -0.495 e. The van der Waals surface area contributed by atoms with Crippen molar-refractivity contribution in [2.45, 2.75) is 4.90 Å². The van der Waals surface area contributed by atoms with Gasteiger partial charge in [-0.25, -0.2) is 13.8 Å². The number of nitrogens with one attached hydrogen (secondary N) is 1. The van der Waals surface area contributed by atoms with E-state index in [1.165, 1.54) is 43.7 Å². The maximum atomic E-state index is 13.3. The molecule has 10 heteroatoms. The summed E-state index contributed by atoms with van der Waals surface area (Å²) >= 11 is 12.1. The highest BCUT2D eigenvalue weighted by molar-refractivity contribution is 7.92. The van der Waals surface area contributed by atoms with Crippen LogP contribution in [-0.4, -0.2) is 34.2 Å². The first kappa shape index (κ1) is 23.6. The Balaban J connectivity index is 1.87. The number of anilines is 1. The van der Waals surface area contributed by atoms with Gasteiger partial charge in [0.25, 0.3) is 15.9 Å². The highest BCUT2D eigenvalue weighted by Gasteiger charge is 2.27. The van der Waals surface area contributed by atoms with E-state index in [-0.39, 0.29) is 15.6 Å². The third-order valence-electron chi connectivity index (χ3n) is 4.29. The zero-order valence-corrected chi connectivity index (χ0v) is 19.2. The number of sulfonamides is 1. The predicted octanol–water partition coefficient (Wildman–Crippen LogP) is 4.35. The average Bonchev–Trinajstić information content (AvgIpc) is 2.78. The Morgan fingerprint density at radius 1 is 1.06 bits per heavy atom. The van der Waals surface area contributed by atoms with Crippen LogP contribution in [0.2, 0.25) is 10.0 Å². The normalized spacial score (nSPS) is 11.3. The van der Waals surface area contributed by atoms with Crippen molar-refractivity contribution in [3.8, 4) is 5.75 Å². The van der Waals surface area contributed by atoms with Gasteiger partial charge in [-0.2, -0.15) is 5.10 Å². The van der Waals surface area contributed by atoms with Gasteiger partial charge in [0.2, 0.25) is 0 Å². The Morgan fingerprint density at radius 3 is 2.47 bits per heavy atom. The van der Waals surface area contributed by atoms with Crippen molar-refractivity contribution >= 4 is 51.0 Å². The van der Waals surface area contributed by atoms with Crippen LogP contribution in [0.4, 0.5) is 5.69 Å². The number of nitrogens with zero attached hydrogens (tertiary/aromatic N) is 2. The van der Waals surface area contributed by atoms with Gasteiger partial charge in [-0.1, -0.05) is 53.5 Å². The summed E-state index contributed by atoms with van der Waals surface area (Å²) in [6.07, 6.45) is 1.41. The lowest BCUT2D eigenvalue weighted by atomic mass is 10.2. The zero-order chi connectivity index (χ0) is 23.1. The fourth-order valence-corrected chi connectivity index (χ4v) is 4.66. The molecule has 1 amide bonds. The van der Waals surface area contributed by atoms with Crippen LogP contribution in [0.1, 0.15) is 5.56 Å². The third-order valence-corrected chi connectivity index (χ3v) is 6.61. The monoisotopic (exact) mass is 491 g/mol. The van der Waals surface area contributed by atoms with E-state index in [0.29, 0.717) is 16.3 Å². The number of amides is 1. The molecule has 0 saturated heterocycles. The van der Waals surface area contributed by atoms with Crippen LogP contribution in [-0.2, 0) is 14.8 Å². The van der Waals surface area contributed by atoms with Gasteiger partial charge in [0.1, 0.15) is 12.3 Å². The lowest BCUT2D eigenvalue weighted by Gasteiger charge is -2.24. The van der Waals surface area contributed by atoms with Gasteiger partial charge < -0.3 is 4.74 Å². The van der Waals surface area contributed by atoms with Crippen LogP contribution in [0, 0.1) is 0 Å². The summed E-state index contributed by atoms with van der Waals surface area (Å²) in [5, 5.41) is 4.61. The summed E-state index contributed by atoms with van der Waals surface area (Å²) in [7, 11) is -2.62. The molecule has 0 atom stereocenters. The van der Waals surface area contributed by atoms with E-state index in [1.54, 1.807) is 42.5 Å². The smallest absolute Gasteiger partial charge is 0.264 e. The Bertz CT molecular complexity index is 1230. The molecule has 3 aromatic carbocycles. The molecule has 0 heterocycles. The predicted molar refractivity (Wildman–Crippen MR) is 126 cm³/mol. The zero-order valence-electron chi connectivity index (χ0n) is 16.9. The molecule has 3 aromatic rings. The molecule has 0 aliphatic carbocycles. The molecule has 3 rings (SSSR count). The molecule has 0 aliphatic heterocycles. The largest absolute Gasteiger partial charge is 0.495 e. The Morgan fingerprint density at radius 2 is 1.81 bits per heavy atom. The van der Waals surface area contributed by atoms with Gasteiger partial charge in [-0.3, -0.25) is 9.10 Å². The SMILES string of the molecule is COc1ccc(N(CC(=O)N/N=C\c2cccc(Cl)c2)S(=O)(=O)c2ccccc2)cc1Cl. The van der Waals surface area contributed by atoms with Crippen molar-refractivity contribution in [2.75, 3.05) is 18.0 Å². The molecule has 0 spiro atoms. The fraction of sp³-hybridized carbons (Fsp3) is 0.0909. The van der Waals surface area contributed by atoms with E-state index >= 15 is 0 Å². The third kappa shape index (κ3) is 5.79. The summed E-state index contributed by atoms with van der Waals surface area (Å²) in [6.45, 7) is -0.521. The first-order valence-corrected chi connectivity index (χ1v) is 11.5. The van der Waals surface area contributed by atoms with E-state index in [9.17, 15) is 13.2 Å². The minimum atomic E-state index is -4.06. The summed E-state index contributed by atoms with van der Waals surface area (Å²) in [6, 6.07) is 19.1. The van der Waals surface area contributed by atoms with Gasteiger partial charge in [-0.15, -0.1) is 0 Å². The number of methoxy groups -OCH3 is 1. The number of benzene rings is 3. The number of hydrazone groups is 1. The molecule has 0 bridgehead atoms. The lowest BCUT2D eigenvalue weighted by molar-refractivity contribution is -0.119. The first-order chi connectivity index (χ1) is 15.3. The molecule has 0 aliphatic rings. The lowest BCUT2D eigenvalue weighted by Crippen LogP contribution is -2.39. The van der Waals surface area contributed by atoms with E-state index in [1.807, 2.05) is 0 Å². The Kier molecular flexibility index (Phi) is 7.74. The van der Waals surface area contributed by atoms with E-state index in [4.69, 9.17) is 27.9 Å². The highest BCUT2D eigenvalue weighted by Crippen LogP contribution is 2.31. The topological polar surface area (TPSA) is 88.1 Å². The average molecular weight is 492 g/mol. The number of hydrogen-bond acceptors (Lipinski definition) is 5. The second-order valence-corrected chi connectivity index (χ2v) is 9.20. The second-order valence-electron chi connectivity index (χ2n) is 6.49. The molecule has 32 heavy (non-hydrogen) atoms. The van der Waals surface area contributed by atoms with Gasteiger partial charge in [0.05, 0.1) is 28.9 Å². The van der Waals surface area contributed by atoms with E-state index < -0.39 is 22.5 Å². The van der Waals surface area contributed by atoms with Crippen molar-refractivity contribution in [3.63, 3.8) is 0 Å². The van der Waals surface area contributed by atoms with Gasteiger partial charge in [0, 0.05) is 5.02 Å². The Labute approximate surface area is 196 Å². The van der Waals surface area contributed by atoms with Gasteiger partial charge in [0.15, 0.2) is 0 Å². The van der Waals surface area contributed by atoms with Crippen LogP contribution in [0.25, 0.3) is 0 Å². The minimum absolute atomic E-state index is 0.0298. The summed E-state index contributed by atoms with van der Waals surface area (Å²) < 4.78 is 32.7. The number of ether oxygens (including phenoxy) is 1. The van der Waals surface area contributed by atoms with Crippen molar-refractivity contribution in [1.82, 2.24) is 5.43 Å². The summed E-state index contributed by atoms with van der Waals surface area (Å²) in [4.78, 5) is 12.6. The van der Waals surface area contributed by atoms with Crippen LogP contribution >= 0.6 is 23.2 Å². The molecule has 0 unspecified atom stereocenters. The van der Waals surface area contributed by atoms with Crippen LogP contribution in [0.15, 0.2) is 82.8 Å².